The number of aryl methyl sites for hydroxylation is 1. The maximum atomic E-state index is 13.4. The van der Waals surface area contributed by atoms with Gasteiger partial charge in [0.1, 0.15) is 5.82 Å². The highest BCUT2D eigenvalue weighted by Crippen LogP contribution is 2.27. The van der Waals surface area contributed by atoms with Gasteiger partial charge in [-0.15, -0.1) is 0 Å². The Labute approximate surface area is 127 Å². The maximum absolute atomic E-state index is 13.4. The van der Waals surface area contributed by atoms with E-state index in [4.69, 9.17) is 4.52 Å². The first kappa shape index (κ1) is 15.0. The van der Waals surface area contributed by atoms with Crippen molar-refractivity contribution in [3.05, 3.63) is 57.8 Å². The summed E-state index contributed by atoms with van der Waals surface area (Å²) in [5.41, 5.74) is -0.0642. The van der Waals surface area contributed by atoms with E-state index in [0.29, 0.717) is 5.69 Å². The Morgan fingerprint density at radius 2 is 2.00 bits per heavy atom. The fraction of sp³-hybridized carbons (Fsp3) is 0.133. The number of hydrogen-bond acceptors (Lipinski definition) is 4. The van der Waals surface area contributed by atoms with Gasteiger partial charge in [-0.3, -0.25) is 4.79 Å². The SMILES string of the molecule is Cc1ccc(-c2noc(-c3cc(F)cc(C(F)F)c3)n2)c(=O)[nH]1. The summed E-state index contributed by atoms with van der Waals surface area (Å²) >= 11 is 0. The lowest BCUT2D eigenvalue weighted by molar-refractivity contribution is 0.151. The van der Waals surface area contributed by atoms with Crippen molar-refractivity contribution in [2.45, 2.75) is 13.3 Å². The Hall–Kier alpha value is -2.90. The summed E-state index contributed by atoms with van der Waals surface area (Å²) in [7, 11) is 0. The third-order valence-corrected chi connectivity index (χ3v) is 3.14. The summed E-state index contributed by atoms with van der Waals surface area (Å²) in [6.45, 7) is 1.71. The zero-order valence-electron chi connectivity index (χ0n) is 11.8. The van der Waals surface area contributed by atoms with E-state index >= 15 is 0 Å². The average Bonchev–Trinajstić information content (AvgIpc) is 2.96. The van der Waals surface area contributed by atoms with Crippen molar-refractivity contribution in [2.24, 2.45) is 0 Å². The molecule has 0 fully saturated rings. The van der Waals surface area contributed by atoms with Gasteiger partial charge in [0.15, 0.2) is 0 Å². The van der Waals surface area contributed by atoms with Gasteiger partial charge in [-0.1, -0.05) is 5.16 Å². The zero-order valence-corrected chi connectivity index (χ0v) is 11.8. The maximum Gasteiger partial charge on any atom is 0.263 e. The average molecular weight is 321 g/mol. The first-order valence-corrected chi connectivity index (χ1v) is 6.57. The third kappa shape index (κ3) is 3.01. The second-order valence-corrected chi connectivity index (χ2v) is 4.88. The molecule has 0 aliphatic heterocycles. The minimum atomic E-state index is -2.83. The molecule has 2 aromatic heterocycles. The highest BCUT2D eigenvalue weighted by molar-refractivity contribution is 5.59. The van der Waals surface area contributed by atoms with Crippen molar-refractivity contribution in [3.8, 4) is 22.8 Å². The second-order valence-electron chi connectivity index (χ2n) is 4.88. The number of pyridine rings is 1. The second kappa shape index (κ2) is 5.71. The van der Waals surface area contributed by atoms with Gasteiger partial charge in [0.2, 0.25) is 5.82 Å². The minimum absolute atomic E-state index is 0.0101. The van der Waals surface area contributed by atoms with Crippen LogP contribution in [0.25, 0.3) is 22.8 Å². The summed E-state index contributed by atoms with van der Waals surface area (Å²) in [5, 5.41) is 3.64. The molecule has 118 valence electrons. The molecule has 0 saturated heterocycles. The summed E-state index contributed by atoms with van der Waals surface area (Å²) in [6.07, 6.45) is -2.83. The molecule has 2 heterocycles. The fourth-order valence-electron chi connectivity index (χ4n) is 2.06. The molecule has 3 aromatic rings. The Morgan fingerprint density at radius 1 is 1.22 bits per heavy atom. The van der Waals surface area contributed by atoms with Crippen molar-refractivity contribution in [2.75, 3.05) is 0 Å². The molecule has 0 unspecified atom stereocenters. The lowest BCUT2D eigenvalue weighted by Crippen LogP contribution is -2.10. The monoisotopic (exact) mass is 321 g/mol. The number of halogens is 3. The van der Waals surface area contributed by atoms with Crippen LogP contribution < -0.4 is 5.56 Å². The first-order valence-electron chi connectivity index (χ1n) is 6.57. The molecular weight excluding hydrogens is 311 g/mol. The fourth-order valence-corrected chi connectivity index (χ4v) is 2.06. The molecule has 3 rings (SSSR count). The number of nitrogens with one attached hydrogen (secondary N) is 1. The van der Waals surface area contributed by atoms with Crippen molar-refractivity contribution in [1.29, 1.82) is 0 Å². The van der Waals surface area contributed by atoms with Gasteiger partial charge in [0, 0.05) is 16.8 Å². The predicted octanol–water partition coefficient (Wildman–Crippen LogP) is 3.48. The summed E-state index contributed by atoms with van der Waals surface area (Å²) < 4.78 is 43.8. The van der Waals surface area contributed by atoms with E-state index in [1.54, 1.807) is 13.0 Å². The molecule has 0 bridgehead atoms. The van der Waals surface area contributed by atoms with Crippen molar-refractivity contribution in [3.63, 3.8) is 0 Å². The van der Waals surface area contributed by atoms with Gasteiger partial charge < -0.3 is 9.51 Å². The van der Waals surface area contributed by atoms with Crippen LogP contribution in [0.3, 0.4) is 0 Å². The number of benzene rings is 1. The van der Waals surface area contributed by atoms with E-state index < -0.39 is 23.4 Å². The number of nitrogens with zero attached hydrogens (tertiary/aromatic N) is 2. The van der Waals surface area contributed by atoms with Gasteiger partial charge in [-0.25, -0.2) is 13.2 Å². The first-order chi connectivity index (χ1) is 10.9. The van der Waals surface area contributed by atoms with Crippen LogP contribution in [-0.4, -0.2) is 15.1 Å². The van der Waals surface area contributed by atoms with E-state index in [1.165, 1.54) is 6.07 Å². The molecule has 5 nitrogen and oxygen atoms in total. The van der Waals surface area contributed by atoms with Gasteiger partial charge in [-0.2, -0.15) is 4.98 Å². The molecule has 0 saturated carbocycles. The van der Waals surface area contributed by atoms with Crippen molar-refractivity contribution < 1.29 is 17.7 Å². The van der Waals surface area contributed by atoms with Gasteiger partial charge in [-0.05, 0) is 37.3 Å². The van der Waals surface area contributed by atoms with Gasteiger partial charge in [0.05, 0.1) is 5.56 Å². The Balaban J connectivity index is 2.04. The largest absolute Gasteiger partial charge is 0.334 e. The molecule has 23 heavy (non-hydrogen) atoms. The van der Waals surface area contributed by atoms with Crippen LogP contribution in [-0.2, 0) is 0 Å². The summed E-state index contributed by atoms with van der Waals surface area (Å²) in [6, 6.07) is 5.96. The summed E-state index contributed by atoms with van der Waals surface area (Å²) in [5.74, 6) is -1.00. The molecule has 0 atom stereocenters. The van der Waals surface area contributed by atoms with E-state index in [2.05, 4.69) is 15.1 Å². The zero-order chi connectivity index (χ0) is 16.6. The molecule has 1 N–H and O–H groups in total. The van der Waals surface area contributed by atoms with Crippen LogP contribution in [0.5, 0.6) is 0 Å². The number of aromatic amines is 1. The number of hydrogen-bond donors (Lipinski definition) is 1. The molecular formula is C15H10F3N3O2. The van der Waals surface area contributed by atoms with Crippen molar-refractivity contribution in [1.82, 2.24) is 15.1 Å². The molecule has 0 aliphatic carbocycles. The van der Waals surface area contributed by atoms with Crippen LogP contribution in [0.1, 0.15) is 17.7 Å². The van der Waals surface area contributed by atoms with Crippen LogP contribution in [0.2, 0.25) is 0 Å². The van der Waals surface area contributed by atoms with Crippen LogP contribution in [0.15, 0.2) is 39.6 Å². The predicted molar refractivity (Wildman–Crippen MR) is 75.4 cm³/mol. The quantitative estimate of drug-likeness (QED) is 0.801. The molecule has 0 radical (unpaired) electrons. The van der Waals surface area contributed by atoms with E-state index in [-0.39, 0.29) is 22.8 Å². The molecule has 1 aromatic carbocycles. The van der Waals surface area contributed by atoms with Crippen molar-refractivity contribution >= 4 is 0 Å². The smallest absolute Gasteiger partial charge is 0.263 e. The number of H-pyrrole nitrogens is 1. The normalized spacial score (nSPS) is 11.2. The molecule has 0 spiro atoms. The Bertz CT molecular complexity index is 918. The highest BCUT2D eigenvalue weighted by atomic mass is 19.3. The Kier molecular flexibility index (Phi) is 3.73. The van der Waals surface area contributed by atoms with E-state index in [1.807, 2.05) is 0 Å². The number of rotatable bonds is 3. The lowest BCUT2D eigenvalue weighted by atomic mass is 10.1. The minimum Gasteiger partial charge on any atom is -0.334 e. The topological polar surface area (TPSA) is 71.8 Å². The molecule has 8 heteroatoms. The highest BCUT2D eigenvalue weighted by Gasteiger charge is 2.17. The standard InChI is InChI=1S/C15H10F3N3O2/c1-7-2-3-11(14(22)19-7)13-20-15(23-21-13)9-4-8(12(17)18)5-10(16)6-9/h2-6,12H,1H3,(H,19,22). The number of alkyl halides is 2. The van der Waals surface area contributed by atoms with Gasteiger partial charge >= 0.3 is 0 Å². The van der Waals surface area contributed by atoms with Gasteiger partial charge in [0.25, 0.3) is 17.9 Å². The third-order valence-electron chi connectivity index (χ3n) is 3.14. The molecule has 0 amide bonds. The van der Waals surface area contributed by atoms with Crippen LogP contribution >= 0.6 is 0 Å². The van der Waals surface area contributed by atoms with E-state index in [9.17, 15) is 18.0 Å². The summed E-state index contributed by atoms with van der Waals surface area (Å²) in [4.78, 5) is 18.4. The lowest BCUT2D eigenvalue weighted by Gasteiger charge is -2.01. The van der Waals surface area contributed by atoms with Crippen LogP contribution in [0, 0.1) is 12.7 Å². The molecule has 0 aliphatic rings. The number of aromatic nitrogens is 3. The Morgan fingerprint density at radius 3 is 2.70 bits per heavy atom. The van der Waals surface area contributed by atoms with E-state index in [0.717, 1.165) is 18.2 Å². The van der Waals surface area contributed by atoms with Crippen LogP contribution in [0.4, 0.5) is 13.2 Å².